The summed E-state index contributed by atoms with van der Waals surface area (Å²) in [4.78, 5) is 25.0. The van der Waals surface area contributed by atoms with E-state index in [9.17, 15) is 35.1 Å². The number of carbonyl (C=O) groups is 2. The van der Waals surface area contributed by atoms with Crippen LogP contribution in [-0.2, 0) is 23.8 Å². The Kier molecular flexibility index (Phi) is 54.7. The lowest BCUT2D eigenvalue weighted by Gasteiger charge is -2.40. The van der Waals surface area contributed by atoms with Crippen LogP contribution < -0.4 is 5.32 Å². The minimum atomic E-state index is -1.58. The molecule has 11 nitrogen and oxygen atoms in total. The van der Waals surface area contributed by atoms with E-state index in [1.165, 1.54) is 238 Å². The fourth-order valence-electron chi connectivity index (χ4n) is 10.8. The van der Waals surface area contributed by atoms with Crippen molar-refractivity contribution in [2.45, 2.75) is 365 Å². The van der Waals surface area contributed by atoms with E-state index in [0.29, 0.717) is 19.4 Å². The van der Waals surface area contributed by atoms with Gasteiger partial charge >= 0.3 is 5.97 Å². The SMILES string of the molecule is C/C=C/CC/C=C/CC/C=C/C(O)C(COC1OC(CO)C(O)C(O)C1O)NC(=O)CCCCCCCCCCCCCCCCCCCCCCCCCCCCCCCCCOC(=O)CCCCCCCCCCCCC. The maximum Gasteiger partial charge on any atom is 0.305 e. The van der Waals surface area contributed by atoms with E-state index in [1.807, 2.05) is 19.1 Å². The predicted octanol–water partition coefficient (Wildman–Crippen LogP) is 16.6. The maximum absolute atomic E-state index is 13.0. The summed E-state index contributed by atoms with van der Waals surface area (Å²) in [5, 5.41) is 54.2. The zero-order chi connectivity index (χ0) is 57.3. The van der Waals surface area contributed by atoms with Crippen molar-refractivity contribution in [3.63, 3.8) is 0 Å². The Bertz CT molecular complexity index is 1410. The third-order valence-electron chi connectivity index (χ3n) is 16.1. The average molecular weight is 1120 g/mol. The molecule has 0 saturated carbocycles. The van der Waals surface area contributed by atoms with E-state index in [2.05, 4.69) is 30.5 Å². The van der Waals surface area contributed by atoms with Crippen LogP contribution >= 0.6 is 0 Å². The number of esters is 1. The number of hydrogen-bond donors (Lipinski definition) is 6. The number of amides is 1. The van der Waals surface area contributed by atoms with Gasteiger partial charge in [0.15, 0.2) is 6.29 Å². The highest BCUT2D eigenvalue weighted by Crippen LogP contribution is 2.23. The smallest absolute Gasteiger partial charge is 0.305 e. The van der Waals surface area contributed by atoms with Crippen LogP contribution in [0.25, 0.3) is 0 Å². The largest absolute Gasteiger partial charge is 0.466 e. The monoisotopic (exact) mass is 1120 g/mol. The Balaban J connectivity index is 1.91. The van der Waals surface area contributed by atoms with Gasteiger partial charge in [-0.15, -0.1) is 0 Å². The van der Waals surface area contributed by atoms with Gasteiger partial charge in [-0.25, -0.2) is 0 Å². The summed E-state index contributed by atoms with van der Waals surface area (Å²) in [6.45, 7) is 4.12. The van der Waals surface area contributed by atoms with Crippen LogP contribution in [0.2, 0.25) is 0 Å². The fourth-order valence-corrected chi connectivity index (χ4v) is 10.8. The van der Waals surface area contributed by atoms with E-state index in [1.54, 1.807) is 6.08 Å². The van der Waals surface area contributed by atoms with Gasteiger partial charge in [-0.2, -0.15) is 0 Å². The van der Waals surface area contributed by atoms with Gasteiger partial charge in [0.2, 0.25) is 5.91 Å². The molecular weight excluding hydrogens is 991 g/mol. The van der Waals surface area contributed by atoms with Crippen molar-refractivity contribution in [3.8, 4) is 0 Å². The van der Waals surface area contributed by atoms with E-state index in [-0.39, 0.29) is 18.5 Å². The maximum atomic E-state index is 13.0. The molecule has 1 fully saturated rings. The summed E-state index contributed by atoms with van der Waals surface area (Å²) in [7, 11) is 0. The highest BCUT2D eigenvalue weighted by Gasteiger charge is 2.44. The lowest BCUT2D eigenvalue weighted by atomic mass is 9.99. The fraction of sp³-hybridized carbons (Fsp3) is 0.882. The van der Waals surface area contributed by atoms with Crippen LogP contribution in [0.1, 0.15) is 322 Å². The summed E-state index contributed by atoms with van der Waals surface area (Å²) in [5.74, 6) is -0.182. The second-order valence-corrected chi connectivity index (χ2v) is 23.5. The van der Waals surface area contributed by atoms with Gasteiger partial charge in [0.1, 0.15) is 24.4 Å². The summed E-state index contributed by atoms with van der Waals surface area (Å²) < 4.78 is 16.7. The highest BCUT2D eigenvalue weighted by atomic mass is 16.7. The number of rotatable bonds is 59. The molecule has 79 heavy (non-hydrogen) atoms. The van der Waals surface area contributed by atoms with Gasteiger partial charge in [-0.3, -0.25) is 9.59 Å². The summed E-state index contributed by atoms with van der Waals surface area (Å²) in [6, 6.07) is -0.830. The first kappa shape index (κ1) is 74.9. The van der Waals surface area contributed by atoms with Crippen LogP contribution in [0.15, 0.2) is 36.5 Å². The Morgan fingerprint density at radius 2 is 0.848 bits per heavy atom. The molecule has 0 aromatic rings. The molecule has 1 aliphatic rings. The molecule has 0 bridgehead atoms. The van der Waals surface area contributed by atoms with Crippen molar-refractivity contribution in [2.24, 2.45) is 0 Å². The first-order chi connectivity index (χ1) is 38.7. The van der Waals surface area contributed by atoms with Crippen LogP contribution in [0.3, 0.4) is 0 Å². The third-order valence-corrected chi connectivity index (χ3v) is 16.1. The van der Waals surface area contributed by atoms with Crippen LogP contribution in [0.5, 0.6) is 0 Å². The number of carbonyl (C=O) groups excluding carboxylic acids is 2. The first-order valence-corrected chi connectivity index (χ1v) is 33.7. The Morgan fingerprint density at radius 3 is 1.25 bits per heavy atom. The number of ether oxygens (including phenoxy) is 3. The van der Waals surface area contributed by atoms with Crippen molar-refractivity contribution in [3.05, 3.63) is 36.5 Å². The molecule has 1 aliphatic heterocycles. The van der Waals surface area contributed by atoms with E-state index >= 15 is 0 Å². The molecule has 0 aliphatic carbocycles. The van der Waals surface area contributed by atoms with Gasteiger partial charge in [-0.1, -0.05) is 294 Å². The highest BCUT2D eigenvalue weighted by molar-refractivity contribution is 5.76. The topological polar surface area (TPSA) is 175 Å². The summed E-state index contributed by atoms with van der Waals surface area (Å²) in [6.07, 6.45) is 63.2. The van der Waals surface area contributed by atoms with Crippen LogP contribution in [0.4, 0.5) is 0 Å². The van der Waals surface area contributed by atoms with Gasteiger partial charge in [-0.05, 0) is 51.9 Å². The molecule has 1 heterocycles. The van der Waals surface area contributed by atoms with E-state index in [0.717, 1.165) is 57.8 Å². The van der Waals surface area contributed by atoms with Crippen LogP contribution in [-0.4, -0.2) is 100 Å². The molecular formula is C68H127NO10. The minimum absolute atomic E-state index is 0.0121. The zero-order valence-corrected chi connectivity index (χ0v) is 51.3. The standard InChI is InChI=1S/C68H127NO10/c1-3-5-7-9-11-13-35-40-44-48-52-56-64(73)77-57-53-49-45-41-37-34-32-30-28-26-24-22-20-18-16-14-15-17-19-21-23-25-27-29-31-33-36-39-43-47-51-55-63(72)69-60(61(71)54-50-46-42-38-12-10-8-6-4-2)59-78-68-67(76)66(75)65(74)62(58-70)79-68/h4,6,12,38,50,54,60-62,65-68,70-71,74-76H,3,5,7-11,13-37,39-49,51-53,55-59H2,1-2H3,(H,69,72)/b6-4+,38-12+,54-50+. The van der Waals surface area contributed by atoms with Crippen LogP contribution in [0, 0.1) is 0 Å². The number of aliphatic hydroxyl groups excluding tert-OH is 5. The molecule has 0 radical (unpaired) electrons. The third kappa shape index (κ3) is 47.0. The summed E-state index contributed by atoms with van der Waals surface area (Å²) in [5.41, 5.74) is 0. The van der Waals surface area contributed by atoms with Gasteiger partial charge in [0.25, 0.3) is 0 Å². The zero-order valence-electron chi connectivity index (χ0n) is 51.3. The number of aliphatic hydroxyl groups is 5. The lowest BCUT2D eigenvalue weighted by molar-refractivity contribution is -0.302. The van der Waals surface area contributed by atoms with Crippen molar-refractivity contribution in [2.75, 3.05) is 19.8 Å². The van der Waals surface area contributed by atoms with Crippen molar-refractivity contribution in [1.82, 2.24) is 5.32 Å². The molecule has 464 valence electrons. The Labute approximate surface area is 485 Å². The van der Waals surface area contributed by atoms with E-state index < -0.39 is 49.5 Å². The molecule has 0 spiro atoms. The normalized spacial score (nSPS) is 18.6. The number of allylic oxidation sites excluding steroid dienone is 5. The predicted molar refractivity (Wildman–Crippen MR) is 329 cm³/mol. The average Bonchev–Trinajstić information content (AvgIpc) is 3.49. The molecule has 1 rings (SSSR count). The van der Waals surface area contributed by atoms with Crippen molar-refractivity contribution in [1.29, 1.82) is 0 Å². The lowest BCUT2D eigenvalue weighted by Crippen LogP contribution is -2.60. The first-order valence-electron chi connectivity index (χ1n) is 33.7. The quantitative estimate of drug-likeness (QED) is 0.0195. The molecule has 7 atom stereocenters. The second kappa shape index (κ2) is 57.7. The summed E-state index contributed by atoms with van der Waals surface area (Å²) >= 11 is 0. The molecule has 1 amide bonds. The number of nitrogens with one attached hydrogen (secondary N) is 1. The van der Waals surface area contributed by atoms with Gasteiger partial charge in [0, 0.05) is 12.8 Å². The van der Waals surface area contributed by atoms with E-state index in [4.69, 9.17) is 14.2 Å². The molecule has 7 unspecified atom stereocenters. The molecule has 0 aromatic carbocycles. The van der Waals surface area contributed by atoms with Crippen molar-refractivity contribution >= 4 is 11.9 Å². The van der Waals surface area contributed by atoms with Gasteiger partial charge < -0.3 is 45.1 Å². The van der Waals surface area contributed by atoms with Crippen molar-refractivity contribution < 1.29 is 49.3 Å². The number of hydrogen-bond acceptors (Lipinski definition) is 10. The molecule has 6 N–H and O–H groups in total. The Morgan fingerprint density at radius 1 is 0.481 bits per heavy atom. The van der Waals surface area contributed by atoms with Gasteiger partial charge in [0.05, 0.1) is 32.0 Å². The minimum Gasteiger partial charge on any atom is -0.466 e. The Hall–Kier alpha value is -2.12. The molecule has 1 saturated heterocycles. The molecule has 11 heteroatoms. The second-order valence-electron chi connectivity index (χ2n) is 23.5. The molecule has 0 aromatic heterocycles. The number of unbranched alkanes of at least 4 members (excludes halogenated alkanes) is 42.